The minimum absolute atomic E-state index is 0.0240. The van der Waals surface area contributed by atoms with Gasteiger partial charge in [-0.15, -0.1) is 0 Å². The molecule has 8 nitrogen and oxygen atoms in total. The van der Waals surface area contributed by atoms with Crippen LogP contribution in [-0.2, 0) is 21.9 Å². The molecule has 3 heterocycles. The maximum atomic E-state index is 12.9. The van der Waals surface area contributed by atoms with Gasteiger partial charge in [0.2, 0.25) is 0 Å². The third-order valence-electron chi connectivity index (χ3n) is 6.31. The molecule has 2 fully saturated rings. The third-order valence-corrected chi connectivity index (χ3v) is 8.04. The Morgan fingerprint density at radius 1 is 1.17 bits per heavy atom. The first-order chi connectivity index (χ1) is 14.3. The second kappa shape index (κ2) is 8.03. The van der Waals surface area contributed by atoms with E-state index in [2.05, 4.69) is 4.98 Å². The monoisotopic (exact) mass is 432 g/mol. The zero-order valence-electron chi connectivity index (χ0n) is 17.5. The van der Waals surface area contributed by atoms with Crippen molar-refractivity contribution in [2.75, 3.05) is 32.8 Å². The predicted octanol–water partition coefficient (Wildman–Crippen LogP) is 1.81. The van der Waals surface area contributed by atoms with Gasteiger partial charge in [-0.3, -0.25) is 4.79 Å². The van der Waals surface area contributed by atoms with E-state index in [0.717, 1.165) is 30.6 Å². The normalized spacial score (nSPS) is 19.3. The number of rotatable bonds is 5. The third kappa shape index (κ3) is 4.09. The molecule has 9 heteroatoms. The van der Waals surface area contributed by atoms with Gasteiger partial charge in [0.1, 0.15) is 5.75 Å². The van der Waals surface area contributed by atoms with E-state index in [1.807, 2.05) is 36.1 Å². The Labute approximate surface area is 177 Å². The fourth-order valence-electron chi connectivity index (χ4n) is 4.34. The molecule has 0 aliphatic carbocycles. The molecule has 30 heavy (non-hydrogen) atoms. The van der Waals surface area contributed by atoms with Gasteiger partial charge in [0.05, 0.1) is 6.33 Å². The van der Waals surface area contributed by atoms with Crippen molar-refractivity contribution in [3.63, 3.8) is 0 Å². The van der Waals surface area contributed by atoms with E-state index in [1.54, 1.807) is 15.9 Å². The molecule has 0 radical (unpaired) electrons. The number of aromatic nitrogens is 2. The second-order valence-corrected chi connectivity index (χ2v) is 10.3. The Morgan fingerprint density at radius 2 is 1.87 bits per heavy atom. The quantitative estimate of drug-likeness (QED) is 0.719. The highest BCUT2D eigenvalue weighted by atomic mass is 32.2. The number of likely N-dealkylation sites (tertiary alicyclic amines) is 1. The van der Waals surface area contributed by atoms with Gasteiger partial charge in [0, 0.05) is 39.4 Å². The molecule has 2 aliphatic heterocycles. The molecule has 162 valence electrons. The van der Waals surface area contributed by atoms with Crippen LogP contribution in [0.3, 0.4) is 0 Å². The largest absolute Gasteiger partial charge is 0.484 e. The number of benzene rings is 1. The number of carbonyl (C=O) groups is 1. The minimum Gasteiger partial charge on any atom is -0.484 e. The summed E-state index contributed by atoms with van der Waals surface area (Å²) in [6.45, 7) is 4.24. The Kier molecular flexibility index (Phi) is 5.59. The maximum Gasteiger partial charge on any atom is 0.262 e. The minimum atomic E-state index is -3.57. The van der Waals surface area contributed by atoms with E-state index in [-0.39, 0.29) is 23.0 Å². The molecule has 0 bridgehead atoms. The maximum absolute atomic E-state index is 12.9. The van der Waals surface area contributed by atoms with Crippen LogP contribution < -0.4 is 4.74 Å². The molecule has 2 aromatic rings. The standard InChI is InChI=1S/C21H28N4O4S/c1-17-5-3-4-6-18(17)29-14-20(26)24-10-7-21(8-11-24)9-12-25(15-21)30(27,28)19-13-23(2)16-22-19/h3-6,13,16H,7-12,14-15H2,1-2H3. The molecule has 0 N–H and O–H groups in total. The summed E-state index contributed by atoms with van der Waals surface area (Å²) in [7, 11) is -1.81. The Bertz CT molecular complexity index is 1030. The van der Waals surface area contributed by atoms with Crippen LogP contribution in [-0.4, -0.2) is 65.9 Å². The van der Waals surface area contributed by atoms with Crippen molar-refractivity contribution in [3.05, 3.63) is 42.4 Å². The molecule has 0 unspecified atom stereocenters. The highest BCUT2D eigenvalue weighted by Gasteiger charge is 2.45. The Balaban J connectivity index is 1.32. The van der Waals surface area contributed by atoms with E-state index < -0.39 is 10.0 Å². The summed E-state index contributed by atoms with van der Waals surface area (Å²) >= 11 is 0. The number of hydrogen-bond donors (Lipinski definition) is 0. The van der Waals surface area contributed by atoms with Gasteiger partial charge in [0.15, 0.2) is 11.6 Å². The molecule has 1 aromatic carbocycles. The first kappa shape index (κ1) is 20.9. The molecule has 0 atom stereocenters. The topological polar surface area (TPSA) is 84.7 Å². The summed E-state index contributed by atoms with van der Waals surface area (Å²) in [6, 6.07) is 7.65. The van der Waals surface area contributed by atoms with Crippen LogP contribution in [0.4, 0.5) is 0 Å². The summed E-state index contributed by atoms with van der Waals surface area (Å²) in [5, 5.41) is 0.100. The number of sulfonamides is 1. The van der Waals surface area contributed by atoms with E-state index in [4.69, 9.17) is 4.74 Å². The molecular formula is C21H28N4O4S. The molecule has 4 rings (SSSR count). The van der Waals surface area contributed by atoms with Crippen LogP contribution in [0.15, 0.2) is 41.8 Å². The van der Waals surface area contributed by atoms with E-state index >= 15 is 0 Å². The lowest BCUT2D eigenvalue weighted by molar-refractivity contribution is -0.135. The van der Waals surface area contributed by atoms with Crippen LogP contribution >= 0.6 is 0 Å². The van der Waals surface area contributed by atoms with Gasteiger partial charge in [-0.2, -0.15) is 4.31 Å². The Morgan fingerprint density at radius 3 is 2.53 bits per heavy atom. The predicted molar refractivity (Wildman–Crippen MR) is 112 cm³/mol. The lowest BCUT2D eigenvalue weighted by atomic mass is 9.78. The Hall–Kier alpha value is -2.39. The zero-order valence-corrected chi connectivity index (χ0v) is 18.3. The van der Waals surface area contributed by atoms with Gasteiger partial charge >= 0.3 is 0 Å². The van der Waals surface area contributed by atoms with Crippen molar-refractivity contribution >= 4 is 15.9 Å². The van der Waals surface area contributed by atoms with Crippen molar-refractivity contribution in [1.29, 1.82) is 0 Å². The van der Waals surface area contributed by atoms with E-state index in [0.29, 0.717) is 26.2 Å². The lowest BCUT2D eigenvalue weighted by Crippen LogP contribution is -2.46. The molecule has 1 spiro atoms. The molecular weight excluding hydrogens is 404 g/mol. The van der Waals surface area contributed by atoms with Crippen molar-refractivity contribution in [1.82, 2.24) is 18.8 Å². The number of aryl methyl sites for hydroxylation is 2. The van der Waals surface area contributed by atoms with Crippen LogP contribution in [0.25, 0.3) is 0 Å². The number of nitrogens with zero attached hydrogens (tertiary/aromatic N) is 4. The number of amides is 1. The smallest absolute Gasteiger partial charge is 0.262 e. The summed E-state index contributed by atoms with van der Waals surface area (Å²) in [5.41, 5.74) is 0.943. The van der Waals surface area contributed by atoms with Crippen LogP contribution in [0.1, 0.15) is 24.8 Å². The summed E-state index contributed by atoms with van der Waals surface area (Å²) < 4.78 is 34.6. The molecule has 1 amide bonds. The SMILES string of the molecule is Cc1ccccc1OCC(=O)N1CCC2(CC1)CCN(S(=O)(=O)c1cn(C)cn1)C2. The van der Waals surface area contributed by atoms with Gasteiger partial charge in [-0.05, 0) is 43.2 Å². The van der Waals surface area contributed by atoms with Gasteiger partial charge in [0.25, 0.3) is 15.9 Å². The number of ether oxygens (including phenoxy) is 1. The average molecular weight is 433 g/mol. The fraction of sp³-hybridized carbons (Fsp3) is 0.524. The number of piperidine rings is 1. The number of imidazole rings is 1. The van der Waals surface area contributed by atoms with Gasteiger partial charge in [-0.25, -0.2) is 13.4 Å². The van der Waals surface area contributed by atoms with Crippen molar-refractivity contribution < 1.29 is 17.9 Å². The molecule has 2 aliphatic rings. The van der Waals surface area contributed by atoms with Crippen LogP contribution in [0.2, 0.25) is 0 Å². The van der Waals surface area contributed by atoms with Crippen molar-refractivity contribution in [3.8, 4) is 5.75 Å². The van der Waals surface area contributed by atoms with Gasteiger partial charge in [-0.1, -0.05) is 18.2 Å². The fourth-order valence-corrected chi connectivity index (χ4v) is 5.86. The summed E-state index contributed by atoms with van der Waals surface area (Å²) in [4.78, 5) is 18.4. The second-order valence-electron chi connectivity index (χ2n) is 8.40. The average Bonchev–Trinajstić information content (AvgIpc) is 3.35. The van der Waals surface area contributed by atoms with E-state index in [9.17, 15) is 13.2 Å². The van der Waals surface area contributed by atoms with Crippen molar-refractivity contribution in [2.24, 2.45) is 12.5 Å². The van der Waals surface area contributed by atoms with Crippen LogP contribution in [0.5, 0.6) is 5.75 Å². The molecule has 2 saturated heterocycles. The van der Waals surface area contributed by atoms with E-state index in [1.165, 1.54) is 12.5 Å². The molecule has 0 saturated carbocycles. The van der Waals surface area contributed by atoms with Crippen molar-refractivity contribution in [2.45, 2.75) is 31.2 Å². The van der Waals surface area contributed by atoms with Gasteiger partial charge < -0.3 is 14.2 Å². The molecule has 1 aromatic heterocycles. The zero-order chi connectivity index (χ0) is 21.4. The summed E-state index contributed by atoms with van der Waals surface area (Å²) in [5.74, 6) is 0.703. The lowest BCUT2D eigenvalue weighted by Gasteiger charge is -2.39. The first-order valence-corrected chi connectivity index (χ1v) is 11.7. The first-order valence-electron chi connectivity index (χ1n) is 10.2. The summed E-state index contributed by atoms with van der Waals surface area (Å²) in [6.07, 6.45) is 5.47. The number of hydrogen-bond acceptors (Lipinski definition) is 5. The highest BCUT2D eigenvalue weighted by molar-refractivity contribution is 7.89. The number of carbonyl (C=O) groups excluding carboxylic acids is 1. The number of para-hydroxylation sites is 1. The van der Waals surface area contributed by atoms with Crippen LogP contribution in [0, 0.1) is 12.3 Å². The highest BCUT2D eigenvalue weighted by Crippen LogP contribution is 2.42.